The molecule has 0 aliphatic carbocycles. The van der Waals surface area contributed by atoms with Gasteiger partial charge in [0.1, 0.15) is 0 Å². The van der Waals surface area contributed by atoms with Gasteiger partial charge in [-0.2, -0.15) is 0 Å². The third kappa shape index (κ3) is 3.47. The van der Waals surface area contributed by atoms with Crippen molar-refractivity contribution in [2.24, 2.45) is 5.73 Å². The zero-order valence-corrected chi connectivity index (χ0v) is 9.92. The van der Waals surface area contributed by atoms with Gasteiger partial charge in [-0.05, 0) is 33.6 Å². The van der Waals surface area contributed by atoms with Crippen LogP contribution in [0.2, 0.25) is 0 Å². The van der Waals surface area contributed by atoms with Gasteiger partial charge in [0.05, 0.1) is 12.0 Å². The molecule has 0 spiro atoms. The van der Waals surface area contributed by atoms with E-state index >= 15 is 0 Å². The Labute approximate surface area is 91.4 Å². The van der Waals surface area contributed by atoms with Crippen LogP contribution in [0, 0.1) is 0 Å². The zero-order chi connectivity index (χ0) is 11.7. The molecule has 1 saturated heterocycles. The van der Waals surface area contributed by atoms with Crippen molar-refractivity contribution in [2.75, 3.05) is 13.1 Å². The van der Waals surface area contributed by atoms with Gasteiger partial charge in [-0.15, -0.1) is 0 Å². The van der Waals surface area contributed by atoms with E-state index in [-0.39, 0.29) is 12.0 Å². The van der Waals surface area contributed by atoms with E-state index in [2.05, 4.69) is 25.7 Å². The summed E-state index contributed by atoms with van der Waals surface area (Å²) in [4.78, 5) is 13.1. The van der Waals surface area contributed by atoms with Crippen molar-refractivity contribution in [3.8, 4) is 0 Å². The molecule has 88 valence electrons. The van der Waals surface area contributed by atoms with Crippen LogP contribution in [0.4, 0.5) is 0 Å². The molecular formula is C11H22N2O2. The monoisotopic (exact) mass is 214 g/mol. The molecule has 0 aromatic rings. The molecule has 0 atom stereocenters. The number of carbonyl (C=O) groups excluding carboxylic acids is 1. The van der Waals surface area contributed by atoms with Gasteiger partial charge in [-0.3, -0.25) is 9.69 Å². The van der Waals surface area contributed by atoms with E-state index < -0.39 is 11.5 Å². The summed E-state index contributed by atoms with van der Waals surface area (Å²) in [5.74, 6) is -0.415. The van der Waals surface area contributed by atoms with E-state index in [0.29, 0.717) is 12.8 Å². The maximum Gasteiger partial charge on any atom is 0.220 e. The summed E-state index contributed by atoms with van der Waals surface area (Å²) in [6.07, 6.45) is 1.35. The topological polar surface area (TPSA) is 66.6 Å². The second kappa shape index (κ2) is 4.10. The van der Waals surface area contributed by atoms with Crippen molar-refractivity contribution in [3.05, 3.63) is 0 Å². The Bertz CT molecular complexity index is 237. The minimum Gasteiger partial charge on any atom is -0.389 e. The lowest BCUT2D eigenvalue weighted by atomic mass is 9.86. The molecule has 0 aromatic heterocycles. The second-order valence-corrected chi connectivity index (χ2v) is 5.53. The van der Waals surface area contributed by atoms with E-state index in [4.69, 9.17) is 5.73 Å². The molecule has 0 saturated carbocycles. The van der Waals surface area contributed by atoms with Crippen molar-refractivity contribution >= 4 is 5.91 Å². The molecule has 1 heterocycles. The Morgan fingerprint density at radius 1 is 1.40 bits per heavy atom. The van der Waals surface area contributed by atoms with Crippen LogP contribution in [0.3, 0.4) is 0 Å². The number of nitrogens with two attached hydrogens (primary N) is 1. The Balaban J connectivity index is 2.51. The molecule has 0 radical (unpaired) electrons. The average molecular weight is 214 g/mol. The predicted octanol–water partition coefficient (Wildman–Crippen LogP) is 0.487. The average Bonchev–Trinajstić information content (AvgIpc) is 2.00. The van der Waals surface area contributed by atoms with Gasteiger partial charge in [-0.25, -0.2) is 0 Å². The molecule has 1 aliphatic rings. The molecule has 0 aromatic carbocycles. The zero-order valence-electron chi connectivity index (χ0n) is 9.92. The molecule has 1 amide bonds. The number of hydrogen-bond acceptors (Lipinski definition) is 3. The quantitative estimate of drug-likeness (QED) is 0.703. The predicted molar refractivity (Wildman–Crippen MR) is 59.3 cm³/mol. The van der Waals surface area contributed by atoms with Crippen molar-refractivity contribution in [3.63, 3.8) is 0 Å². The molecular weight excluding hydrogens is 192 g/mol. The highest BCUT2D eigenvalue weighted by Gasteiger charge is 2.36. The van der Waals surface area contributed by atoms with Gasteiger partial charge in [0.15, 0.2) is 0 Å². The fourth-order valence-corrected chi connectivity index (χ4v) is 2.09. The summed E-state index contributed by atoms with van der Waals surface area (Å²) in [7, 11) is 0. The van der Waals surface area contributed by atoms with Crippen LogP contribution < -0.4 is 5.73 Å². The molecule has 0 unspecified atom stereocenters. The number of nitrogens with zero attached hydrogens (tertiary/aromatic N) is 1. The number of aliphatic hydroxyl groups is 1. The van der Waals surface area contributed by atoms with Gasteiger partial charge >= 0.3 is 0 Å². The number of likely N-dealkylation sites (tertiary alicyclic amines) is 1. The van der Waals surface area contributed by atoms with Crippen molar-refractivity contribution in [1.29, 1.82) is 0 Å². The Kier molecular flexibility index (Phi) is 3.41. The van der Waals surface area contributed by atoms with E-state index in [1.807, 2.05) is 0 Å². The number of rotatable bonds is 2. The van der Waals surface area contributed by atoms with Gasteiger partial charge < -0.3 is 10.8 Å². The van der Waals surface area contributed by atoms with Crippen molar-refractivity contribution in [1.82, 2.24) is 4.90 Å². The van der Waals surface area contributed by atoms with Crippen LogP contribution >= 0.6 is 0 Å². The lowest BCUT2D eigenvalue weighted by Gasteiger charge is -2.44. The highest BCUT2D eigenvalue weighted by molar-refractivity contribution is 5.74. The van der Waals surface area contributed by atoms with Gasteiger partial charge in [0.2, 0.25) is 5.91 Å². The number of carbonyl (C=O) groups is 1. The Hall–Kier alpha value is -0.610. The molecule has 1 aliphatic heterocycles. The SMILES string of the molecule is CC(C)(C)N1CCC(O)(CC(N)=O)CC1. The fourth-order valence-electron chi connectivity index (χ4n) is 2.09. The molecule has 4 heteroatoms. The number of primary amides is 1. The van der Waals surface area contributed by atoms with Crippen LogP contribution in [0.1, 0.15) is 40.0 Å². The van der Waals surface area contributed by atoms with Crippen LogP contribution in [0.5, 0.6) is 0 Å². The molecule has 15 heavy (non-hydrogen) atoms. The van der Waals surface area contributed by atoms with E-state index in [1.165, 1.54) is 0 Å². The maximum atomic E-state index is 10.8. The van der Waals surface area contributed by atoms with Crippen LogP contribution in [-0.4, -0.2) is 40.1 Å². The third-order valence-corrected chi connectivity index (χ3v) is 3.15. The lowest BCUT2D eigenvalue weighted by molar-refractivity contribution is -0.125. The first-order valence-electron chi connectivity index (χ1n) is 5.49. The minimum atomic E-state index is -0.867. The van der Waals surface area contributed by atoms with E-state index in [9.17, 15) is 9.90 Å². The van der Waals surface area contributed by atoms with Gasteiger partial charge in [0, 0.05) is 18.6 Å². The smallest absolute Gasteiger partial charge is 0.220 e. The third-order valence-electron chi connectivity index (χ3n) is 3.15. The lowest BCUT2D eigenvalue weighted by Crippen LogP contribution is -2.52. The number of piperidine rings is 1. The standard InChI is InChI=1S/C11H22N2O2/c1-10(2,3)13-6-4-11(15,5-7-13)8-9(12)14/h15H,4-8H2,1-3H3,(H2,12,14). The molecule has 0 bridgehead atoms. The fraction of sp³-hybridized carbons (Fsp3) is 0.909. The Morgan fingerprint density at radius 2 is 1.87 bits per heavy atom. The Morgan fingerprint density at radius 3 is 2.20 bits per heavy atom. The highest BCUT2D eigenvalue weighted by atomic mass is 16.3. The summed E-state index contributed by atoms with van der Waals surface area (Å²) < 4.78 is 0. The van der Waals surface area contributed by atoms with Crippen molar-refractivity contribution in [2.45, 2.75) is 51.2 Å². The normalized spacial score (nSPS) is 22.7. The summed E-state index contributed by atoms with van der Waals surface area (Å²) in [6.45, 7) is 8.13. The largest absolute Gasteiger partial charge is 0.389 e. The van der Waals surface area contributed by atoms with Crippen LogP contribution in [-0.2, 0) is 4.79 Å². The molecule has 1 fully saturated rings. The minimum absolute atomic E-state index is 0.0883. The van der Waals surface area contributed by atoms with Crippen LogP contribution in [0.15, 0.2) is 0 Å². The first-order valence-corrected chi connectivity index (χ1v) is 5.49. The van der Waals surface area contributed by atoms with Gasteiger partial charge in [-0.1, -0.05) is 0 Å². The summed E-state index contributed by atoms with van der Waals surface area (Å²) >= 11 is 0. The van der Waals surface area contributed by atoms with E-state index in [0.717, 1.165) is 13.1 Å². The molecule has 3 N–H and O–H groups in total. The number of amides is 1. The van der Waals surface area contributed by atoms with Crippen LogP contribution in [0.25, 0.3) is 0 Å². The summed E-state index contributed by atoms with van der Waals surface area (Å²) in [6, 6.07) is 0. The highest BCUT2D eigenvalue weighted by Crippen LogP contribution is 2.28. The molecule has 4 nitrogen and oxygen atoms in total. The number of hydrogen-bond donors (Lipinski definition) is 2. The maximum absolute atomic E-state index is 10.8. The van der Waals surface area contributed by atoms with Crippen molar-refractivity contribution < 1.29 is 9.90 Å². The summed E-state index contributed by atoms with van der Waals surface area (Å²) in [5, 5.41) is 10.1. The second-order valence-electron chi connectivity index (χ2n) is 5.53. The first kappa shape index (κ1) is 12.5. The first-order chi connectivity index (χ1) is 6.73. The van der Waals surface area contributed by atoms with E-state index in [1.54, 1.807) is 0 Å². The van der Waals surface area contributed by atoms with Gasteiger partial charge in [0.25, 0.3) is 0 Å². The molecule has 1 rings (SSSR count). The summed E-state index contributed by atoms with van der Waals surface area (Å²) in [5.41, 5.74) is 4.38.